The van der Waals surface area contributed by atoms with Gasteiger partial charge in [0.25, 0.3) is 0 Å². The summed E-state index contributed by atoms with van der Waals surface area (Å²) < 4.78 is 11.5. The number of pyridine rings is 1. The quantitative estimate of drug-likeness (QED) is 0.598. The van der Waals surface area contributed by atoms with Crippen LogP contribution in [0.2, 0.25) is 0 Å². The number of aliphatic imine (C=N–C) groups is 1. The Hall–Kier alpha value is -1.82. The van der Waals surface area contributed by atoms with Gasteiger partial charge in [-0.25, -0.2) is 9.98 Å². The first kappa shape index (κ1) is 19.0. The Balaban J connectivity index is 1.66. The molecule has 1 atom stereocenters. The third-order valence-corrected chi connectivity index (χ3v) is 5.15. The van der Waals surface area contributed by atoms with Crippen LogP contribution in [-0.4, -0.2) is 55.3 Å². The van der Waals surface area contributed by atoms with E-state index in [0.29, 0.717) is 18.6 Å². The Bertz CT molecular complexity index is 587. The highest BCUT2D eigenvalue weighted by atomic mass is 16.5. The van der Waals surface area contributed by atoms with Crippen molar-refractivity contribution < 1.29 is 9.47 Å². The van der Waals surface area contributed by atoms with Gasteiger partial charge >= 0.3 is 0 Å². The van der Waals surface area contributed by atoms with Gasteiger partial charge in [-0.05, 0) is 45.1 Å². The number of aromatic nitrogens is 1. The van der Waals surface area contributed by atoms with Crippen LogP contribution in [0.15, 0.2) is 23.3 Å². The third kappa shape index (κ3) is 5.10. The molecule has 3 rings (SSSR count). The van der Waals surface area contributed by atoms with E-state index in [2.05, 4.69) is 28.2 Å². The van der Waals surface area contributed by atoms with Gasteiger partial charge in [0.2, 0.25) is 5.88 Å². The largest absolute Gasteiger partial charge is 0.474 e. The van der Waals surface area contributed by atoms with Crippen molar-refractivity contribution in [1.82, 2.24) is 15.2 Å². The lowest BCUT2D eigenvalue weighted by Crippen LogP contribution is -2.40. The average molecular weight is 361 g/mol. The van der Waals surface area contributed by atoms with Crippen LogP contribution in [0.1, 0.15) is 44.6 Å². The van der Waals surface area contributed by atoms with Crippen LogP contribution in [0.5, 0.6) is 5.88 Å². The van der Waals surface area contributed by atoms with Gasteiger partial charge in [-0.2, -0.15) is 0 Å². The van der Waals surface area contributed by atoms with E-state index < -0.39 is 0 Å². The number of rotatable bonds is 7. The first-order valence-corrected chi connectivity index (χ1v) is 9.93. The molecule has 1 N–H and O–H groups in total. The Morgan fingerprint density at radius 3 is 2.96 bits per heavy atom. The predicted octanol–water partition coefficient (Wildman–Crippen LogP) is 2.84. The second kappa shape index (κ2) is 9.76. The first-order chi connectivity index (χ1) is 12.8. The van der Waals surface area contributed by atoms with Crippen molar-refractivity contribution in [2.45, 2.75) is 51.7 Å². The molecule has 6 nitrogen and oxygen atoms in total. The fraction of sp³-hybridized carbons (Fsp3) is 0.700. The highest BCUT2D eigenvalue weighted by Gasteiger charge is 2.25. The van der Waals surface area contributed by atoms with Gasteiger partial charge in [-0.3, -0.25) is 0 Å². The van der Waals surface area contributed by atoms with Crippen LogP contribution in [0.4, 0.5) is 0 Å². The van der Waals surface area contributed by atoms with Crippen molar-refractivity contribution in [1.29, 1.82) is 0 Å². The van der Waals surface area contributed by atoms with Gasteiger partial charge in [0.1, 0.15) is 6.10 Å². The van der Waals surface area contributed by atoms with Crippen molar-refractivity contribution >= 4 is 5.96 Å². The fourth-order valence-electron chi connectivity index (χ4n) is 3.80. The van der Waals surface area contributed by atoms with E-state index in [-0.39, 0.29) is 0 Å². The number of methoxy groups -OCH3 is 1. The van der Waals surface area contributed by atoms with Crippen LogP contribution in [0, 0.1) is 5.92 Å². The van der Waals surface area contributed by atoms with E-state index in [0.717, 1.165) is 62.9 Å². The zero-order valence-electron chi connectivity index (χ0n) is 16.1. The summed E-state index contributed by atoms with van der Waals surface area (Å²) in [5, 5.41) is 3.42. The molecule has 1 unspecified atom stereocenters. The minimum Gasteiger partial charge on any atom is -0.474 e. The van der Waals surface area contributed by atoms with Gasteiger partial charge in [0.15, 0.2) is 5.96 Å². The summed E-state index contributed by atoms with van der Waals surface area (Å²) in [6.07, 6.45) is 8.06. The van der Waals surface area contributed by atoms with Crippen molar-refractivity contribution in [2.75, 3.05) is 33.4 Å². The molecule has 1 aliphatic carbocycles. The number of guanidine groups is 1. The molecule has 1 aromatic heterocycles. The van der Waals surface area contributed by atoms with Crippen LogP contribution < -0.4 is 10.1 Å². The standard InChI is InChI=1S/C20H32N4O2/c1-3-21-20(24-12-10-16(14-24)15-25-2)23-13-17-7-6-11-22-19(17)26-18-8-4-5-9-18/h6-7,11,16,18H,3-5,8-10,12-15H2,1-2H3,(H,21,23). The molecule has 1 saturated carbocycles. The zero-order chi connectivity index (χ0) is 18.2. The summed E-state index contributed by atoms with van der Waals surface area (Å²) in [6.45, 7) is 6.40. The maximum Gasteiger partial charge on any atom is 0.218 e. The molecule has 1 aromatic rings. The highest BCUT2D eigenvalue weighted by molar-refractivity contribution is 5.80. The molecule has 1 saturated heterocycles. The van der Waals surface area contributed by atoms with Crippen LogP contribution in [0.3, 0.4) is 0 Å². The number of hydrogen-bond acceptors (Lipinski definition) is 4. The van der Waals surface area contributed by atoms with Crippen molar-refractivity contribution in [3.8, 4) is 5.88 Å². The smallest absolute Gasteiger partial charge is 0.218 e. The molecule has 0 aromatic carbocycles. The van der Waals surface area contributed by atoms with Gasteiger partial charge in [-0.15, -0.1) is 0 Å². The maximum absolute atomic E-state index is 6.14. The topological polar surface area (TPSA) is 59.0 Å². The Morgan fingerprint density at radius 2 is 2.19 bits per heavy atom. The number of nitrogens with one attached hydrogen (secondary N) is 1. The normalized spacial score (nSPS) is 21.4. The molecule has 26 heavy (non-hydrogen) atoms. The van der Waals surface area contributed by atoms with E-state index in [1.165, 1.54) is 12.8 Å². The summed E-state index contributed by atoms with van der Waals surface area (Å²) in [5.74, 6) is 2.31. The Kier molecular flexibility index (Phi) is 7.12. The molecule has 0 spiro atoms. The second-order valence-corrected chi connectivity index (χ2v) is 7.22. The lowest BCUT2D eigenvalue weighted by molar-refractivity contribution is 0.157. The molecule has 1 aliphatic heterocycles. The van der Waals surface area contributed by atoms with Crippen molar-refractivity contribution in [3.63, 3.8) is 0 Å². The highest BCUT2D eigenvalue weighted by Crippen LogP contribution is 2.25. The van der Waals surface area contributed by atoms with Gasteiger partial charge in [-0.1, -0.05) is 6.07 Å². The summed E-state index contributed by atoms with van der Waals surface area (Å²) in [4.78, 5) is 11.7. The Morgan fingerprint density at radius 1 is 1.35 bits per heavy atom. The molecular formula is C20H32N4O2. The zero-order valence-corrected chi connectivity index (χ0v) is 16.1. The molecule has 0 bridgehead atoms. The number of ether oxygens (including phenoxy) is 2. The van der Waals surface area contributed by atoms with E-state index >= 15 is 0 Å². The van der Waals surface area contributed by atoms with Crippen molar-refractivity contribution in [3.05, 3.63) is 23.9 Å². The lowest BCUT2D eigenvalue weighted by Gasteiger charge is -2.22. The number of hydrogen-bond donors (Lipinski definition) is 1. The monoisotopic (exact) mass is 360 g/mol. The molecule has 2 fully saturated rings. The summed E-state index contributed by atoms with van der Waals surface area (Å²) in [5.41, 5.74) is 1.06. The predicted molar refractivity (Wildman–Crippen MR) is 103 cm³/mol. The minimum absolute atomic E-state index is 0.314. The van der Waals surface area contributed by atoms with E-state index in [9.17, 15) is 0 Å². The molecular weight excluding hydrogens is 328 g/mol. The van der Waals surface area contributed by atoms with Gasteiger partial charge in [0, 0.05) is 44.4 Å². The second-order valence-electron chi connectivity index (χ2n) is 7.22. The average Bonchev–Trinajstić information content (AvgIpc) is 3.32. The maximum atomic E-state index is 6.14. The van der Waals surface area contributed by atoms with E-state index in [1.807, 2.05) is 6.07 Å². The summed E-state index contributed by atoms with van der Waals surface area (Å²) >= 11 is 0. The van der Waals surface area contributed by atoms with Crippen molar-refractivity contribution in [2.24, 2.45) is 10.9 Å². The summed E-state index contributed by atoms with van der Waals surface area (Å²) in [7, 11) is 1.77. The van der Waals surface area contributed by atoms with Crippen LogP contribution in [0.25, 0.3) is 0 Å². The van der Waals surface area contributed by atoms with Gasteiger partial charge < -0.3 is 19.7 Å². The Labute approximate surface area is 157 Å². The lowest BCUT2D eigenvalue weighted by atomic mass is 10.1. The summed E-state index contributed by atoms with van der Waals surface area (Å²) in [6, 6.07) is 4.03. The van der Waals surface area contributed by atoms with E-state index in [1.54, 1.807) is 13.3 Å². The molecule has 2 aliphatic rings. The third-order valence-electron chi connectivity index (χ3n) is 5.15. The van der Waals surface area contributed by atoms with Gasteiger partial charge in [0.05, 0.1) is 13.2 Å². The SMILES string of the molecule is CCNC(=NCc1cccnc1OC1CCCC1)N1CCC(COC)C1. The minimum atomic E-state index is 0.314. The molecule has 2 heterocycles. The molecule has 0 radical (unpaired) electrons. The first-order valence-electron chi connectivity index (χ1n) is 9.93. The van der Waals surface area contributed by atoms with Crippen LogP contribution >= 0.6 is 0 Å². The molecule has 6 heteroatoms. The number of nitrogens with zero attached hydrogens (tertiary/aromatic N) is 3. The fourth-order valence-corrected chi connectivity index (χ4v) is 3.80. The molecule has 144 valence electrons. The molecule has 0 amide bonds. The van der Waals surface area contributed by atoms with E-state index in [4.69, 9.17) is 14.5 Å². The number of likely N-dealkylation sites (tertiary alicyclic amines) is 1. The van der Waals surface area contributed by atoms with Crippen LogP contribution in [-0.2, 0) is 11.3 Å².